The normalized spacial score (nSPS) is 16.6. The number of carbonyl (C=O) groups excluding carboxylic acids is 1. The summed E-state index contributed by atoms with van der Waals surface area (Å²) >= 11 is 0. The van der Waals surface area contributed by atoms with Crippen LogP contribution in [0.2, 0.25) is 0 Å². The van der Waals surface area contributed by atoms with Gasteiger partial charge in [0.15, 0.2) is 0 Å². The predicted molar refractivity (Wildman–Crippen MR) is 113 cm³/mol. The number of rotatable bonds is 2. The monoisotopic (exact) mass is 398 g/mol. The van der Waals surface area contributed by atoms with Gasteiger partial charge in [0.2, 0.25) is 0 Å². The number of hydrogen-bond acceptors (Lipinski definition) is 4. The van der Waals surface area contributed by atoms with E-state index in [4.69, 9.17) is 0 Å². The average Bonchev–Trinajstić information content (AvgIpc) is 2.68. The van der Waals surface area contributed by atoms with Crippen LogP contribution in [0.3, 0.4) is 0 Å². The first kappa shape index (κ1) is 20.0. The molecule has 0 bridgehead atoms. The van der Waals surface area contributed by atoms with E-state index in [2.05, 4.69) is 17.2 Å². The molecule has 0 unspecified atom stereocenters. The topological polar surface area (TPSA) is 67.2 Å². The lowest BCUT2D eigenvalue weighted by atomic mass is 10.1. The van der Waals surface area contributed by atoms with Gasteiger partial charge in [0.25, 0.3) is 11.5 Å². The lowest BCUT2D eigenvalue weighted by Gasteiger charge is -2.32. The summed E-state index contributed by atoms with van der Waals surface area (Å²) in [6.07, 6.45) is 0. The highest BCUT2D eigenvalue weighted by molar-refractivity contribution is 5.94. The number of carbonyl (C=O) groups is 1. The van der Waals surface area contributed by atoms with E-state index in [-0.39, 0.29) is 23.9 Å². The molecule has 28 heavy (non-hydrogen) atoms. The lowest BCUT2D eigenvalue weighted by Crippen LogP contribution is -2.51. The summed E-state index contributed by atoms with van der Waals surface area (Å²) in [4.78, 5) is 32.0. The molecule has 6 nitrogen and oxygen atoms in total. The summed E-state index contributed by atoms with van der Waals surface area (Å²) in [6, 6.07) is 14.8. The van der Waals surface area contributed by atoms with Crippen LogP contribution in [0, 0.1) is 6.92 Å². The van der Waals surface area contributed by atoms with Crippen molar-refractivity contribution in [2.45, 2.75) is 19.9 Å². The first-order valence-electron chi connectivity index (χ1n) is 9.16. The number of hydrogen-bond donors (Lipinski definition) is 1. The fourth-order valence-corrected chi connectivity index (χ4v) is 3.60. The van der Waals surface area contributed by atoms with Gasteiger partial charge in [-0.1, -0.05) is 12.1 Å². The third kappa shape index (κ3) is 3.66. The third-order valence-electron chi connectivity index (χ3n) is 4.97. The number of benzene rings is 2. The Hall–Kier alpha value is -2.70. The van der Waals surface area contributed by atoms with Crippen LogP contribution in [0.15, 0.2) is 53.3 Å². The standard InChI is InChI=1S/C21H22N4O2.ClH/c1-14-13-24(12-11-22-14)20(26)16-7-9-17(10-8-16)25-15(2)23-19-6-4-3-5-18(19)21(25)27;/h3-10,14,22H,11-13H2,1-2H3;1H/t14-;/m1./s1. The summed E-state index contributed by atoms with van der Waals surface area (Å²) in [6.45, 7) is 6.10. The van der Waals surface area contributed by atoms with E-state index in [1.807, 2.05) is 42.2 Å². The van der Waals surface area contributed by atoms with E-state index in [0.717, 1.165) is 6.54 Å². The van der Waals surface area contributed by atoms with Crippen LogP contribution in [0.1, 0.15) is 23.1 Å². The van der Waals surface area contributed by atoms with Gasteiger partial charge < -0.3 is 10.2 Å². The van der Waals surface area contributed by atoms with Crippen molar-refractivity contribution in [3.05, 3.63) is 70.3 Å². The number of halogens is 1. The molecule has 1 atom stereocenters. The van der Waals surface area contributed by atoms with E-state index in [1.165, 1.54) is 0 Å². The van der Waals surface area contributed by atoms with E-state index in [0.29, 0.717) is 47.1 Å². The average molecular weight is 399 g/mol. The van der Waals surface area contributed by atoms with Crippen molar-refractivity contribution in [3.63, 3.8) is 0 Å². The van der Waals surface area contributed by atoms with E-state index < -0.39 is 0 Å². The van der Waals surface area contributed by atoms with Crippen molar-refractivity contribution >= 4 is 29.2 Å². The van der Waals surface area contributed by atoms with Gasteiger partial charge in [-0.25, -0.2) is 4.98 Å². The molecule has 0 spiro atoms. The second-order valence-electron chi connectivity index (χ2n) is 6.97. The zero-order valence-electron chi connectivity index (χ0n) is 15.9. The molecule has 7 heteroatoms. The number of aryl methyl sites for hydroxylation is 1. The van der Waals surface area contributed by atoms with Crippen molar-refractivity contribution in [3.8, 4) is 5.69 Å². The first-order chi connectivity index (χ1) is 13.0. The molecule has 146 valence electrons. The number of aromatic nitrogens is 2. The van der Waals surface area contributed by atoms with Crippen LogP contribution in [-0.2, 0) is 0 Å². The van der Waals surface area contributed by atoms with Gasteiger partial charge in [-0.3, -0.25) is 14.2 Å². The Morgan fingerprint density at radius 1 is 1.14 bits per heavy atom. The zero-order valence-corrected chi connectivity index (χ0v) is 16.7. The smallest absolute Gasteiger partial charge is 0.265 e. The fraction of sp³-hybridized carbons (Fsp3) is 0.286. The predicted octanol–water partition coefficient (Wildman–Crippen LogP) is 2.55. The van der Waals surface area contributed by atoms with E-state index >= 15 is 0 Å². The summed E-state index contributed by atoms with van der Waals surface area (Å²) in [5.74, 6) is 0.643. The van der Waals surface area contributed by atoms with E-state index in [9.17, 15) is 9.59 Å². The lowest BCUT2D eigenvalue weighted by molar-refractivity contribution is 0.0709. The minimum absolute atomic E-state index is 0. The van der Waals surface area contributed by atoms with Crippen LogP contribution >= 0.6 is 12.4 Å². The Bertz CT molecular complexity index is 1060. The molecule has 1 N–H and O–H groups in total. The number of amides is 1. The Kier molecular flexibility index (Phi) is 5.82. The highest BCUT2D eigenvalue weighted by Gasteiger charge is 2.21. The number of nitrogens with one attached hydrogen (secondary N) is 1. The Labute approximate surface area is 169 Å². The second kappa shape index (κ2) is 8.12. The molecule has 4 rings (SSSR count). The molecule has 1 amide bonds. The zero-order chi connectivity index (χ0) is 19.0. The molecule has 1 aromatic heterocycles. The van der Waals surface area contributed by atoms with Crippen LogP contribution in [-0.4, -0.2) is 46.0 Å². The first-order valence-corrected chi connectivity index (χ1v) is 9.16. The van der Waals surface area contributed by atoms with Gasteiger partial charge >= 0.3 is 0 Å². The number of nitrogens with zero attached hydrogens (tertiary/aromatic N) is 3. The second-order valence-corrected chi connectivity index (χ2v) is 6.97. The van der Waals surface area contributed by atoms with Crippen LogP contribution in [0.25, 0.3) is 16.6 Å². The fourth-order valence-electron chi connectivity index (χ4n) is 3.60. The molecule has 2 aromatic carbocycles. The van der Waals surface area contributed by atoms with Crippen molar-refractivity contribution in [1.29, 1.82) is 0 Å². The van der Waals surface area contributed by atoms with Crippen LogP contribution in [0.4, 0.5) is 0 Å². The quantitative estimate of drug-likeness (QED) is 0.720. The summed E-state index contributed by atoms with van der Waals surface area (Å²) in [5.41, 5.74) is 1.93. The maximum Gasteiger partial charge on any atom is 0.265 e. The molecule has 0 saturated carbocycles. The van der Waals surface area contributed by atoms with Crippen LogP contribution in [0.5, 0.6) is 0 Å². The maximum atomic E-state index is 12.9. The number of piperazine rings is 1. The van der Waals surface area contributed by atoms with Gasteiger partial charge in [0.05, 0.1) is 16.6 Å². The maximum absolute atomic E-state index is 12.9. The number of para-hydroxylation sites is 1. The Morgan fingerprint density at radius 3 is 2.57 bits per heavy atom. The molecule has 2 heterocycles. The molecule has 1 aliphatic heterocycles. The minimum atomic E-state index is -0.104. The van der Waals surface area contributed by atoms with E-state index in [1.54, 1.807) is 22.8 Å². The van der Waals surface area contributed by atoms with Crippen molar-refractivity contribution in [1.82, 2.24) is 19.8 Å². The third-order valence-corrected chi connectivity index (χ3v) is 4.97. The van der Waals surface area contributed by atoms with Gasteiger partial charge in [-0.15, -0.1) is 12.4 Å². The Balaban J connectivity index is 0.00000225. The SMILES string of the molecule is Cc1nc2ccccc2c(=O)n1-c1ccc(C(=O)N2CCN[C@H](C)C2)cc1.Cl. The summed E-state index contributed by atoms with van der Waals surface area (Å²) in [7, 11) is 0. The highest BCUT2D eigenvalue weighted by Crippen LogP contribution is 2.15. The molecular formula is C21H23ClN4O2. The van der Waals surface area contributed by atoms with Crippen LogP contribution < -0.4 is 10.9 Å². The molecule has 1 fully saturated rings. The Morgan fingerprint density at radius 2 is 1.86 bits per heavy atom. The highest BCUT2D eigenvalue weighted by atomic mass is 35.5. The summed E-state index contributed by atoms with van der Waals surface area (Å²) < 4.78 is 1.59. The molecule has 3 aromatic rings. The van der Waals surface area contributed by atoms with Crippen molar-refractivity contribution in [2.75, 3.05) is 19.6 Å². The number of fused-ring (bicyclic) bond motifs is 1. The van der Waals surface area contributed by atoms with Gasteiger partial charge in [-0.2, -0.15) is 0 Å². The molecule has 1 aliphatic rings. The molecule has 0 radical (unpaired) electrons. The van der Waals surface area contributed by atoms with Gasteiger partial charge in [-0.05, 0) is 50.2 Å². The van der Waals surface area contributed by atoms with Crippen molar-refractivity contribution in [2.24, 2.45) is 0 Å². The molecule has 1 saturated heterocycles. The van der Waals surface area contributed by atoms with Gasteiger partial charge in [0, 0.05) is 31.2 Å². The minimum Gasteiger partial charge on any atom is -0.336 e. The molecular weight excluding hydrogens is 376 g/mol. The summed E-state index contributed by atoms with van der Waals surface area (Å²) in [5, 5.41) is 3.92. The molecule has 0 aliphatic carbocycles. The van der Waals surface area contributed by atoms with Gasteiger partial charge in [0.1, 0.15) is 5.82 Å². The largest absolute Gasteiger partial charge is 0.336 e. The van der Waals surface area contributed by atoms with Crippen molar-refractivity contribution < 1.29 is 4.79 Å².